The molecule has 0 bridgehead atoms. The average Bonchev–Trinajstić information content (AvgIpc) is 2.18. The van der Waals surface area contributed by atoms with Crippen molar-refractivity contribution in [1.82, 2.24) is 5.48 Å². The molecular formula is C9H14N2O2. The first-order valence-electron chi connectivity index (χ1n) is 4.29. The van der Waals surface area contributed by atoms with Crippen molar-refractivity contribution in [3.8, 4) is 0 Å². The topological polar surface area (TPSA) is 75.4 Å². The standard InChI is InChI=1S/C9H14N2O2/c10-8(9(12)11-13)6-7-4-2-1-3-5-7/h2,4-5,8,13H,1,3,6,10H2,(H,11,12)/t8-/m0/s1. The summed E-state index contributed by atoms with van der Waals surface area (Å²) >= 11 is 0. The predicted molar refractivity (Wildman–Crippen MR) is 49.0 cm³/mol. The minimum absolute atomic E-state index is 0.475. The van der Waals surface area contributed by atoms with Gasteiger partial charge in [-0.3, -0.25) is 10.0 Å². The van der Waals surface area contributed by atoms with Crippen LogP contribution in [0.15, 0.2) is 23.8 Å². The van der Waals surface area contributed by atoms with Gasteiger partial charge < -0.3 is 5.73 Å². The van der Waals surface area contributed by atoms with Crippen LogP contribution in [0.1, 0.15) is 19.3 Å². The normalized spacial score (nSPS) is 17.8. The molecule has 0 radical (unpaired) electrons. The molecular weight excluding hydrogens is 168 g/mol. The lowest BCUT2D eigenvalue weighted by atomic mass is 10.0. The first kappa shape index (κ1) is 9.95. The molecule has 0 fully saturated rings. The van der Waals surface area contributed by atoms with Crippen LogP contribution in [0.2, 0.25) is 0 Å². The summed E-state index contributed by atoms with van der Waals surface area (Å²) in [6, 6.07) is -0.668. The molecule has 0 aliphatic heterocycles. The Morgan fingerprint density at radius 3 is 3.00 bits per heavy atom. The van der Waals surface area contributed by atoms with Gasteiger partial charge in [-0.25, -0.2) is 5.48 Å². The largest absolute Gasteiger partial charge is 0.320 e. The molecule has 1 aliphatic rings. The maximum Gasteiger partial charge on any atom is 0.260 e. The van der Waals surface area contributed by atoms with Gasteiger partial charge in [0.05, 0.1) is 6.04 Å². The summed E-state index contributed by atoms with van der Waals surface area (Å²) in [5, 5.41) is 8.32. The van der Waals surface area contributed by atoms with E-state index in [-0.39, 0.29) is 0 Å². The molecule has 1 rings (SSSR count). The maximum absolute atomic E-state index is 10.8. The fourth-order valence-corrected chi connectivity index (χ4v) is 1.25. The smallest absolute Gasteiger partial charge is 0.260 e. The molecule has 4 N–H and O–H groups in total. The number of nitrogens with two attached hydrogens (primary N) is 1. The van der Waals surface area contributed by atoms with Gasteiger partial charge in [-0.1, -0.05) is 23.8 Å². The number of hydroxylamine groups is 1. The van der Waals surface area contributed by atoms with Crippen molar-refractivity contribution in [1.29, 1.82) is 0 Å². The average molecular weight is 182 g/mol. The number of allylic oxidation sites excluding steroid dienone is 3. The second-order valence-corrected chi connectivity index (χ2v) is 3.05. The van der Waals surface area contributed by atoms with Gasteiger partial charge in [-0.2, -0.15) is 0 Å². The Kier molecular flexibility index (Phi) is 3.67. The van der Waals surface area contributed by atoms with Gasteiger partial charge in [0.1, 0.15) is 0 Å². The quantitative estimate of drug-likeness (QED) is 0.439. The molecule has 13 heavy (non-hydrogen) atoms. The van der Waals surface area contributed by atoms with E-state index in [9.17, 15) is 4.79 Å². The molecule has 0 aromatic carbocycles. The Morgan fingerprint density at radius 1 is 1.69 bits per heavy atom. The molecule has 72 valence electrons. The van der Waals surface area contributed by atoms with Crippen LogP contribution in [0.25, 0.3) is 0 Å². The zero-order chi connectivity index (χ0) is 9.68. The molecule has 1 aliphatic carbocycles. The summed E-state index contributed by atoms with van der Waals surface area (Å²) < 4.78 is 0. The van der Waals surface area contributed by atoms with Gasteiger partial charge in [-0.15, -0.1) is 0 Å². The van der Waals surface area contributed by atoms with Crippen LogP contribution in [0.4, 0.5) is 0 Å². The fraction of sp³-hybridized carbons (Fsp3) is 0.444. The third-order valence-electron chi connectivity index (χ3n) is 1.97. The minimum atomic E-state index is -0.668. The third kappa shape index (κ3) is 3.01. The molecule has 4 nitrogen and oxygen atoms in total. The number of carbonyl (C=O) groups is 1. The van der Waals surface area contributed by atoms with E-state index in [1.165, 1.54) is 5.48 Å². The number of hydrogen-bond acceptors (Lipinski definition) is 3. The first-order chi connectivity index (χ1) is 6.24. The monoisotopic (exact) mass is 182 g/mol. The molecule has 4 heteroatoms. The highest BCUT2D eigenvalue weighted by Crippen LogP contribution is 2.13. The van der Waals surface area contributed by atoms with Crippen molar-refractivity contribution in [2.45, 2.75) is 25.3 Å². The summed E-state index contributed by atoms with van der Waals surface area (Å²) in [7, 11) is 0. The predicted octanol–water partition coefficient (Wildman–Crippen LogP) is 0.486. The molecule has 0 aromatic rings. The summed E-state index contributed by atoms with van der Waals surface area (Å²) in [6.45, 7) is 0. The van der Waals surface area contributed by atoms with Crippen LogP contribution in [0.5, 0.6) is 0 Å². The van der Waals surface area contributed by atoms with Crippen LogP contribution >= 0.6 is 0 Å². The Labute approximate surface area is 77.1 Å². The summed E-state index contributed by atoms with van der Waals surface area (Å²) in [6.07, 6.45) is 8.60. The second-order valence-electron chi connectivity index (χ2n) is 3.05. The number of carbonyl (C=O) groups excluding carboxylic acids is 1. The second kappa shape index (κ2) is 4.79. The van der Waals surface area contributed by atoms with Crippen molar-refractivity contribution >= 4 is 5.91 Å². The molecule has 0 heterocycles. The Morgan fingerprint density at radius 2 is 2.46 bits per heavy atom. The van der Waals surface area contributed by atoms with Crippen LogP contribution in [0.3, 0.4) is 0 Å². The van der Waals surface area contributed by atoms with Crippen molar-refractivity contribution in [3.63, 3.8) is 0 Å². The van der Waals surface area contributed by atoms with E-state index in [0.29, 0.717) is 6.42 Å². The molecule has 1 amide bonds. The lowest BCUT2D eigenvalue weighted by Crippen LogP contribution is -2.39. The van der Waals surface area contributed by atoms with Crippen molar-refractivity contribution in [2.75, 3.05) is 0 Å². The third-order valence-corrected chi connectivity index (χ3v) is 1.97. The SMILES string of the molecule is N[C@@H](CC1=CCCC=C1)C(=O)NO. The Balaban J connectivity index is 2.43. The molecule has 1 atom stereocenters. The van der Waals surface area contributed by atoms with Gasteiger partial charge in [0.15, 0.2) is 0 Å². The minimum Gasteiger partial charge on any atom is -0.320 e. The van der Waals surface area contributed by atoms with Crippen LogP contribution in [-0.2, 0) is 4.79 Å². The summed E-state index contributed by atoms with van der Waals surface area (Å²) in [5.74, 6) is -0.542. The fourth-order valence-electron chi connectivity index (χ4n) is 1.25. The van der Waals surface area contributed by atoms with E-state index >= 15 is 0 Å². The lowest BCUT2D eigenvalue weighted by Gasteiger charge is -2.11. The van der Waals surface area contributed by atoms with Crippen LogP contribution in [0, 0.1) is 0 Å². The van der Waals surface area contributed by atoms with Crippen LogP contribution < -0.4 is 11.2 Å². The van der Waals surface area contributed by atoms with Gasteiger partial charge >= 0.3 is 0 Å². The summed E-state index contributed by atoms with van der Waals surface area (Å²) in [5.41, 5.74) is 8.11. The van der Waals surface area contributed by atoms with E-state index in [4.69, 9.17) is 10.9 Å². The lowest BCUT2D eigenvalue weighted by molar-refractivity contribution is -0.130. The van der Waals surface area contributed by atoms with E-state index in [1.54, 1.807) is 0 Å². The van der Waals surface area contributed by atoms with E-state index < -0.39 is 11.9 Å². The van der Waals surface area contributed by atoms with E-state index in [0.717, 1.165) is 18.4 Å². The molecule has 0 saturated carbocycles. The highest BCUT2D eigenvalue weighted by atomic mass is 16.5. The Hall–Kier alpha value is -1.13. The zero-order valence-corrected chi connectivity index (χ0v) is 7.36. The van der Waals surface area contributed by atoms with E-state index in [2.05, 4.69) is 12.2 Å². The molecule has 0 unspecified atom stereocenters. The number of hydrogen-bond donors (Lipinski definition) is 3. The summed E-state index contributed by atoms with van der Waals surface area (Å²) in [4.78, 5) is 10.8. The number of rotatable bonds is 3. The molecule has 0 saturated heterocycles. The highest BCUT2D eigenvalue weighted by Gasteiger charge is 2.13. The van der Waals surface area contributed by atoms with Crippen molar-refractivity contribution in [3.05, 3.63) is 23.8 Å². The van der Waals surface area contributed by atoms with Gasteiger partial charge in [0, 0.05) is 0 Å². The van der Waals surface area contributed by atoms with Gasteiger partial charge in [0.25, 0.3) is 5.91 Å². The molecule has 0 aromatic heterocycles. The van der Waals surface area contributed by atoms with Crippen molar-refractivity contribution in [2.24, 2.45) is 5.73 Å². The van der Waals surface area contributed by atoms with E-state index in [1.807, 2.05) is 6.08 Å². The highest BCUT2D eigenvalue weighted by molar-refractivity contribution is 5.80. The van der Waals surface area contributed by atoms with Gasteiger partial charge in [-0.05, 0) is 19.3 Å². The first-order valence-corrected chi connectivity index (χ1v) is 4.29. The maximum atomic E-state index is 10.8. The zero-order valence-electron chi connectivity index (χ0n) is 7.36. The van der Waals surface area contributed by atoms with Gasteiger partial charge in [0.2, 0.25) is 0 Å². The van der Waals surface area contributed by atoms with Crippen molar-refractivity contribution < 1.29 is 10.0 Å². The number of amides is 1. The Bertz CT molecular complexity index is 246. The molecule has 0 spiro atoms. The number of nitrogens with one attached hydrogen (secondary N) is 1. The van der Waals surface area contributed by atoms with Crippen LogP contribution in [-0.4, -0.2) is 17.2 Å².